The van der Waals surface area contributed by atoms with Crippen LogP contribution in [-0.2, 0) is 9.53 Å². The van der Waals surface area contributed by atoms with Crippen molar-refractivity contribution in [3.05, 3.63) is 70.4 Å². The van der Waals surface area contributed by atoms with E-state index in [-0.39, 0.29) is 5.75 Å². The summed E-state index contributed by atoms with van der Waals surface area (Å²) in [6.07, 6.45) is 0.646. The van der Waals surface area contributed by atoms with Crippen molar-refractivity contribution in [3.63, 3.8) is 0 Å². The summed E-state index contributed by atoms with van der Waals surface area (Å²) in [5.41, 5.74) is 0.486. The zero-order valence-electron chi connectivity index (χ0n) is 16.4. The Labute approximate surface area is 182 Å². The van der Waals surface area contributed by atoms with Gasteiger partial charge in [-0.2, -0.15) is 0 Å². The summed E-state index contributed by atoms with van der Waals surface area (Å²) in [5.74, 6) is -0.126. The third kappa shape index (κ3) is 3.50. The molecule has 2 aromatic rings. The van der Waals surface area contributed by atoms with E-state index in [0.717, 1.165) is 0 Å². The number of carbonyl (C=O) groups excluding carboxylic acids is 3. The number of ether oxygens (including phenoxy) is 2. The fourth-order valence-electron chi connectivity index (χ4n) is 4.02. The summed E-state index contributed by atoms with van der Waals surface area (Å²) >= 11 is 1.36. The van der Waals surface area contributed by atoms with Crippen molar-refractivity contribution in [2.75, 3.05) is 18.8 Å². The average molecular weight is 439 g/mol. The summed E-state index contributed by atoms with van der Waals surface area (Å²) < 4.78 is 24.7. The quantitative estimate of drug-likeness (QED) is 0.624. The number of piperidine rings is 1. The van der Waals surface area contributed by atoms with Crippen molar-refractivity contribution in [2.24, 2.45) is 0 Å². The van der Waals surface area contributed by atoms with Crippen LogP contribution < -0.4 is 4.74 Å². The number of carbonyl (C=O) groups is 3. The largest absolute Gasteiger partial charge is 0.484 e. The molecule has 2 aromatic carbocycles. The minimum atomic E-state index is -0.524. The molecule has 8 heteroatoms. The van der Waals surface area contributed by atoms with Gasteiger partial charge in [-0.25, -0.2) is 9.18 Å². The first-order valence-corrected chi connectivity index (χ1v) is 10.9. The Balaban J connectivity index is 1.30. The second-order valence-electron chi connectivity index (χ2n) is 7.74. The van der Waals surface area contributed by atoms with Gasteiger partial charge in [0.05, 0.1) is 0 Å². The van der Waals surface area contributed by atoms with Crippen LogP contribution in [0.5, 0.6) is 5.75 Å². The Hall–Kier alpha value is -3.13. The van der Waals surface area contributed by atoms with Gasteiger partial charge in [0, 0.05) is 42.8 Å². The van der Waals surface area contributed by atoms with E-state index in [4.69, 9.17) is 9.47 Å². The van der Waals surface area contributed by atoms with Crippen molar-refractivity contribution < 1.29 is 28.2 Å². The molecule has 1 fully saturated rings. The van der Waals surface area contributed by atoms with Crippen LogP contribution in [0.15, 0.2) is 53.4 Å². The molecular weight excluding hydrogens is 421 g/mol. The zero-order valence-corrected chi connectivity index (χ0v) is 17.2. The number of halogens is 1. The maximum Gasteiger partial charge on any atom is 0.415 e. The molecule has 0 bridgehead atoms. The van der Waals surface area contributed by atoms with Crippen molar-refractivity contribution in [1.82, 2.24) is 4.90 Å². The smallest absolute Gasteiger partial charge is 0.415 e. The predicted molar refractivity (Wildman–Crippen MR) is 112 cm³/mol. The molecule has 0 saturated carbocycles. The van der Waals surface area contributed by atoms with Crippen LogP contribution in [0, 0.1) is 5.82 Å². The van der Waals surface area contributed by atoms with Gasteiger partial charge in [-0.1, -0.05) is 24.3 Å². The van der Waals surface area contributed by atoms with Crippen LogP contribution in [0.1, 0.15) is 28.8 Å². The van der Waals surface area contributed by atoms with Crippen LogP contribution in [0.4, 0.5) is 9.18 Å². The fraction of sp³-hybridized carbons (Fsp3) is 0.261. The molecular formula is C23H18FNO5S. The Morgan fingerprint density at radius 3 is 2.39 bits per heavy atom. The molecule has 0 radical (unpaired) electrons. The molecule has 2 aliphatic heterocycles. The molecule has 3 aliphatic rings. The van der Waals surface area contributed by atoms with Gasteiger partial charge in [0.2, 0.25) is 11.6 Å². The van der Waals surface area contributed by atoms with Crippen LogP contribution >= 0.6 is 11.8 Å². The Morgan fingerprint density at radius 2 is 1.68 bits per heavy atom. The number of Topliss-reactive ketones (excluding diaryl/α,β-unsaturated/α-hetero) is 2. The van der Waals surface area contributed by atoms with Gasteiger partial charge in [0.15, 0.2) is 0 Å². The minimum absolute atomic E-state index is 0.285. The standard InChI is InChI=1S/C23H18FNO5S/c24-14-5-7-15(8-6-14)29-22(28)25-11-9-23(10-12-25)13-31-21-19(27)18(26)16-3-1-2-4-17(16)20(21)30-23/h1-8H,9-13H2. The summed E-state index contributed by atoms with van der Waals surface area (Å²) in [7, 11) is 0. The number of hydrogen-bond donors (Lipinski definition) is 0. The number of thioether (sulfide) groups is 1. The van der Waals surface area contributed by atoms with E-state index in [9.17, 15) is 18.8 Å². The van der Waals surface area contributed by atoms with E-state index >= 15 is 0 Å². The molecule has 1 saturated heterocycles. The molecule has 0 atom stereocenters. The molecule has 158 valence electrons. The monoisotopic (exact) mass is 439 g/mol. The fourth-order valence-corrected chi connectivity index (χ4v) is 5.28. The van der Waals surface area contributed by atoms with Gasteiger partial charge < -0.3 is 14.4 Å². The Bertz CT molecular complexity index is 1120. The normalized spacial score (nSPS) is 19.6. The van der Waals surface area contributed by atoms with E-state index < -0.39 is 29.1 Å². The molecule has 0 N–H and O–H groups in total. The van der Waals surface area contributed by atoms with Crippen LogP contribution in [-0.4, -0.2) is 47.0 Å². The highest BCUT2D eigenvalue weighted by Crippen LogP contribution is 2.47. The zero-order chi connectivity index (χ0) is 21.6. The highest BCUT2D eigenvalue weighted by Gasteiger charge is 2.46. The van der Waals surface area contributed by atoms with Crippen molar-refractivity contribution >= 4 is 35.2 Å². The lowest BCUT2D eigenvalue weighted by Crippen LogP contribution is -2.51. The third-order valence-electron chi connectivity index (χ3n) is 5.78. The second kappa shape index (κ2) is 7.53. The molecule has 0 aromatic heterocycles. The number of nitrogens with zero attached hydrogens (tertiary/aromatic N) is 1. The number of likely N-dealkylation sites (tertiary alicyclic amines) is 1. The van der Waals surface area contributed by atoms with Gasteiger partial charge in [0.25, 0.3) is 0 Å². The predicted octanol–water partition coefficient (Wildman–Crippen LogP) is 4.06. The van der Waals surface area contributed by atoms with Crippen LogP contribution in [0.25, 0.3) is 5.76 Å². The van der Waals surface area contributed by atoms with Gasteiger partial charge in [-0.05, 0) is 24.3 Å². The SMILES string of the molecule is O=C1C(=O)c2ccccc2C2=C1SCC1(CCN(C(=O)Oc3ccc(F)cc3)CC1)O2. The Kier molecular flexibility index (Phi) is 4.81. The molecule has 1 spiro atoms. The van der Waals surface area contributed by atoms with Crippen LogP contribution in [0.3, 0.4) is 0 Å². The first-order chi connectivity index (χ1) is 15.0. The van der Waals surface area contributed by atoms with E-state index in [1.807, 2.05) is 6.07 Å². The van der Waals surface area contributed by atoms with Gasteiger partial charge in [-0.15, -0.1) is 11.8 Å². The number of rotatable bonds is 1. The lowest BCUT2D eigenvalue weighted by molar-refractivity contribution is -0.111. The highest BCUT2D eigenvalue weighted by atomic mass is 32.2. The summed E-state index contributed by atoms with van der Waals surface area (Å²) in [4.78, 5) is 39.4. The number of benzene rings is 2. The number of hydrogen-bond acceptors (Lipinski definition) is 6. The molecule has 5 rings (SSSR count). The second-order valence-corrected chi connectivity index (χ2v) is 8.73. The van der Waals surface area contributed by atoms with Gasteiger partial charge in [0.1, 0.15) is 27.8 Å². The maximum atomic E-state index is 13.0. The summed E-state index contributed by atoms with van der Waals surface area (Å²) in [6.45, 7) is 0.857. The van der Waals surface area contributed by atoms with Gasteiger partial charge in [-0.3, -0.25) is 9.59 Å². The van der Waals surface area contributed by atoms with Crippen molar-refractivity contribution in [1.29, 1.82) is 0 Å². The third-order valence-corrected chi connectivity index (χ3v) is 7.11. The number of fused-ring (bicyclic) bond motifs is 2. The van der Waals surface area contributed by atoms with E-state index in [1.165, 1.54) is 36.0 Å². The average Bonchev–Trinajstić information content (AvgIpc) is 2.79. The number of allylic oxidation sites excluding steroid dienone is 1. The van der Waals surface area contributed by atoms with E-state index in [0.29, 0.717) is 53.5 Å². The van der Waals surface area contributed by atoms with Gasteiger partial charge >= 0.3 is 6.09 Å². The molecule has 31 heavy (non-hydrogen) atoms. The molecule has 1 amide bonds. The van der Waals surface area contributed by atoms with Crippen molar-refractivity contribution in [3.8, 4) is 5.75 Å². The lowest BCUT2D eigenvalue weighted by atomic mass is 9.90. The number of ketones is 2. The minimum Gasteiger partial charge on any atom is -0.484 e. The topological polar surface area (TPSA) is 72.9 Å². The lowest BCUT2D eigenvalue weighted by Gasteiger charge is -2.45. The first kappa shape index (κ1) is 19.8. The number of amides is 1. The highest BCUT2D eigenvalue weighted by molar-refractivity contribution is 8.04. The van der Waals surface area contributed by atoms with Crippen LogP contribution in [0.2, 0.25) is 0 Å². The molecule has 0 unspecified atom stereocenters. The van der Waals surface area contributed by atoms with Crippen molar-refractivity contribution in [2.45, 2.75) is 18.4 Å². The molecule has 1 aliphatic carbocycles. The maximum absolute atomic E-state index is 13.0. The van der Waals surface area contributed by atoms with E-state index in [1.54, 1.807) is 23.1 Å². The van der Waals surface area contributed by atoms with E-state index in [2.05, 4.69) is 0 Å². The summed E-state index contributed by atoms with van der Waals surface area (Å²) in [6, 6.07) is 12.3. The molecule has 2 heterocycles. The summed E-state index contributed by atoms with van der Waals surface area (Å²) in [5, 5.41) is 0. The first-order valence-electron chi connectivity index (χ1n) is 9.93. The Morgan fingerprint density at radius 1 is 1.00 bits per heavy atom. The molecule has 6 nitrogen and oxygen atoms in total.